The third kappa shape index (κ3) is 3.76. The lowest BCUT2D eigenvalue weighted by Crippen LogP contribution is -2.58. The summed E-state index contributed by atoms with van der Waals surface area (Å²) in [6.07, 6.45) is 0.414. The van der Waals surface area contributed by atoms with Gasteiger partial charge in [0, 0.05) is 42.7 Å². The van der Waals surface area contributed by atoms with E-state index in [-0.39, 0.29) is 57.0 Å². The number of halogens is 4. The van der Waals surface area contributed by atoms with Crippen molar-refractivity contribution in [1.82, 2.24) is 15.2 Å². The zero-order valence-corrected chi connectivity index (χ0v) is 21.8. The molecule has 39 heavy (non-hydrogen) atoms. The van der Waals surface area contributed by atoms with Crippen LogP contribution in [-0.4, -0.2) is 53.8 Å². The normalized spacial score (nSPS) is 20.4. The van der Waals surface area contributed by atoms with Crippen LogP contribution < -0.4 is 16.2 Å². The second-order valence-corrected chi connectivity index (χ2v) is 11.0. The Hall–Kier alpha value is -3.79. The number of nitrogens with one attached hydrogen (secondary N) is 1. The third-order valence-electron chi connectivity index (χ3n) is 7.46. The largest absolute Gasteiger partial charge is 0.389 e. The summed E-state index contributed by atoms with van der Waals surface area (Å²) < 4.78 is 44.4. The van der Waals surface area contributed by atoms with Crippen LogP contribution in [0.1, 0.15) is 33.4 Å². The molecule has 0 saturated carbocycles. The van der Waals surface area contributed by atoms with Crippen LogP contribution in [0, 0.1) is 23.0 Å². The maximum atomic E-state index is 16.1. The summed E-state index contributed by atoms with van der Waals surface area (Å²) in [6.45, 7) is 3.77. The molecule has 1 unspecified atom stereocenters. The van der Waals surface area contributed by atoms with E-state index in [2.05, 4.69) is 12.0 Å². The number of fused-ring (bicyclic) bond motifs is 2. The number of nitrogen functional groups attached to an aromatic ring is 1. The summed E-state index contributed by atoms with van der Waals surface area (Å²) in [7, 11) is 0. The Morgan fingerprint density at radius 1 is 1.23 bits per heavy atom. The minimum absolute atomic E-state index is 0.0408. The van der Waals surface area contributed by atoms with Gasteiger partial charge in [-0.05, 0) is 24.1 Å². The number of anilines is 2. The van der Waals surface area contributed by atoms with E-state index in [1.165, 1.54) is 17.0 Å². The molecule has 4 heterocycles. The molecule has 0 spiro atoms. The van der Waals surface area contributed by atoms with Crippen molar-refractivity contribution in [2.24, 2.45) is 0 Å². The number of nitriles is 1. The van der Waals surface area contributed by atoms with Crippen LogP contribution in [0.5, 0.6) is 0 Å². The third-order valence-corrected chi connectivity index (χ3v) is 8.80. The molecule has 6 rings (SSSR count). The first-order chi connectivity index (χ1) is 18.6. The van der Waals surface area contributed by atoms with E-state index in [0.29, 0.717) is 24.2 Å². The Morgan fingerprint density at radius 2 is 2.00 bits per heavy atom. The first-order valence-corrected chi connectivity index (χ1v) is 13.3. The molecule has 13 heteroatoms. The zero-order valence-electron chi connectivity index (χ0n) is 20.2. The van der Waals surface area contributed by atoms with Gasteiger partial charge in [-0.1, -0.05) is 24.2 Å². The highest BCUT2D eigenvalue weighted by molar-refractivity contribution is 7.23. The number of alkyl halides is 1. The van der Waals surface area contributed by atoms with Crippen molar-refractivity contribution in [3.8, 4) is 17.2 Å². The van der Waals surface area contributed by atoms with Gasteiger partial charge in [0.1, 0.15) is 28.2 Å². The Labute approximate surface area is 229 Å². The highest BCUT2D eigenvalue weighted by Gasteiger charge is 2.42. The number of carbonyl (C=O) groups is 2. The van der Waals surface area contributed by atoms with Crippen LogP contribution in [0.4, 0.5) is 23.9 Å². The predicted octanol–water partition coefficient (Wildman–Crippen LogP) is 4.40. The fourth-order valence-corrected chi connectivity index (χ4v) is 7.02. The molecule has 0 bridgehead atoms. The highest BCUT2D eigenvalue weighted by Crippen LogP contribution is 2.50. The molecule has 3 aromatic rings. The molecule has 3 aliphatic rings. The van der Waals surface area contributed by atoms with Crippen molar-refractivity contribution in [3.05, 3.63) is 58.9 Å². The first kappa shape index (κ1) is 25.5. The summed E-state index contributed by atoms with van der Waals surface area (Å²) in [5.41, 5.74) is 9.21. The van der Waals surface area contributed by atoms with Crippen LogP contribution in [0.15, 0.2) is 30.6 Å². The lowest BCUT2D eigenvalue weighted by Gasteiger charge is -2.43. The van der Waals surface area contributed by atoms with Gasteiger partial charge in [0.15, 0.2) is 5.83 Å². The van der Waals surface area contributed by atoms with Gasteiger partial charge in [0.25, 0.3) is 11.8 Å². The molecule has 1 fully saturated rings. The summed E-state index contributed by atoms with van der Waals surface area (Å²) in [5.74, 6) is -3.70. The molecule has 2 atom stereocenters. The number of hydrogen-bond donors (Lipinski definition) is 2. The maximum absolute atomic E-state index is 16.1. The summed E-state index contributed by atoms with van der Waals surface area (Å²) >= 11 is 7.60. The van der Waals surface area contributed by atoms with Crippen molar-refractivity contribution in [2.75, 3.05) is 36.9 Å². The molecule has 0 aliphatic carbocycles. The van der Waals surface area contributed by atoms with Crippen molar-refractivity contribution < 1.29 is 22.8 Å². The Kier molecular flexibility index (Phi) is 5.98. The van der Waals surface area contributed by atoms with Gasteiger partial charge in [-0.25, -0.2) is 18.6 Å². The second-order valence-electron chi connectivity index (χ2n) is 9.54. The lowest BCUT2D eigenvalue weighted by molar-refractivity contribution is -0.131. The number of piperazine rings is 1. The number of nitrogens with zero attached hydrogens (tertiary/aromatic N) is 4. The van der Waals surface area contributed by atoms with E-state index in [1.807, 2.05) is 6.07 Å². The minimum Gasteiger partial charge on any atom is -0.389 e. The van der Waals surface area contributed by atoms with Gasteiger partial charge in [0.05, 0.1) is 27.6 Å². The number of thiophene rings is 1. The van der Waals surface area contributed by atoms with Crippen LogP contribution >= 0.6 is 22.9 Å². The molecule has 8 nitrogen and oxygen atoms in total. The average Bonchev–Trinajstić information content (AvgIpc) is 3.42. The monoisotopic (exact) mass is 572 g/mol. The molecule has 0 radical (unpaired) electrons. The van der Waals surface area contributed by atoms with E-state index < -0.39 is 40.8 Å². The summed E-state index contributed by atoms with van der Waals surface area (Å²) in [4.78, 5) is 28.8. The number of benzene rings is 2. The Morgan fingerprint density at radius 3 is 2.72 bits per heavy atom. The molecular formula is C26H20ClF3N6O2S. The van der Waals surface area contributed by atoms with Crippen molar-refractivity contribution in [2.45, 2.75) is 18.0 Å². The quantitative estimate of drug-likeness (QED) is 0.268. The lowest BCUT2D eigenvalue weighted by atomic mass is 9.90. The number of carbonyl (C=O) groups excluding carboxylic acids is 2. The van der Waals surface area contributed by atoms with E-state index >= 15 is 4.39 Å². The van der Waals surface area contributed by atoms with Crippen LogP contribution in [-0.2, 0) is 4.79 Å². The number of amides is 2. The number of rotatable bonds is 2. The van der Waals surface area contributed by atoms with Gasteiger partial charge < -0.3 is 20.5 Å². The van der Waals surface area contributed by atoms with E-state index in [4.69, 9.17) is 17.3 Å². The molecule has 1 saturated heterocycles. The van der Waals surface area contributed by atoms with Crippen molar-refractivity contribution in [1.29, 1.82) is 5.26 Å². The Bertz CT molecular complexity index is 1650. The molecule has 2 amide bonds. The van der Waals surface area contributed by atoms with E-state index in [0.717, 1.165) is 17.4 Å². The van der Waals surface area contributed by atoms with Gasteiger partial charge in [-0.15, -0.1) is 11.3 Å². The predicted molar refractivity (Wildman–Crippen MR) is 142 cm³/mol. The number of nitrogens with two attached hydrogens (primary N) is 1. The maximum Gasteiger partial charge on any atom is 0.282 e. The summed E-state index contributed by atoms with van der Waals surface area (Å²) in [5, 5.41) is 11.7. The SMILES string of the molecule is C=C(F)C(=O)N1CCN2C(=O)c3cc(F)c(-c4ccc(F)c5sc(N)c(C#N)c45)c4c3N(CC[C@@H]2C1)NC4Cl. The molecule has 1 aromatic heterocycles. The smallest absolute Gasteiger partial charge is 0.282 e. The molecular weight excluding hydrogens is 553 g/mol. The molecule has 3 aliphatic heterocycles. The molecule has 200 valence electrons. The van der Waals surface area contributed by atoms with E-state index in [1.54, 1.807) is 9.91 Å². The van der Waals surface area contributed by atoms with Crippen LogP contribution in [0.3, 0.4) is 0 Å². The van der Waals surface area contributed by atoms with Gasteiger partial charge in [-0.2, -0.15) is 5.26 Å². The molecule has 3 N–H and O–H groups in total. The zero-order chi connectivity index (χ0) is 27.7. The summed E-state index contributed by atoms with van der Waals surface area (Å²) in [6, 6.07) is 5.25. The van der Waals surface area contributed by atoms with Gasteiger partial charge >= 0.3 is 0 Å². The highest BCUT2D eigenvalue weighted by atomic mass is 35.5. The average molecular weight is 573 g/mol. The van der Waals surface area contributed by atoms with Gasteiger partial charge in [-0.3, -0.25) is 9.59 Å². The van der Waals surface area contributed by atoms with Crippen molar-refractivity contribution >= 4 is 55.5 Å². The van der Waals surface area contributed by atoms with Crippen LogP contribution in [0.2, 0.25) is 0 Å². The van der Waals surface area contributed by atoms with Crippen LogP contribution in [0.25, 0.3) is 21.2 Å². The topological polar surface area (TPSA) is 106 Å². The van der Waals surface area contributed by atoms with Crippen molar-refractivity contribution in [3.63, 3.8) is 0 Å². The number of hydrazine groups is 1. The fraction of sp³-hybridized carbons (Fsp3) is 0.269. The molecule has 2 aromatic carbocycles. The van der Waals surface area contributed by atoms with Gasteiger partial charge in [0.2, 0.25) is 0 Å². The number of hydrogen-bond acceptors (Lipinski definition) is 7. The first-order valence-electron chi connectivity index (χ1n) is 12.0. The second kappa shape index (κ2) is 9.15. The fourth-order valence-electron chi connectivity index (χ4n) is 5.74. The van der Waals surface area contributed by atoms with E-state index in [9.17, 15) is 23.6 Å². The standard InChI is InChI=1S/C26H20ClF3N6O2S/c1-11(28)25(37)34-6-7-35-12(10-34)4-5-36-21-14(26(35)38)8-17(30)19(20(21)23(27)33-36)13-2-3-16(29)22-18(13)15(9-31)24(32)39-22/h2-3,8,12,23,33H,1,4-7,10,32H2/t12-,23?/m1/s1. The Balaban J connectivity index is 1.51. The minimum atomic E-state index is -1.07.